The molecule has 0 unspecified atom stereocenters. The quantitative estimate of drug-likeness (QED) is 0.802. The van der Waals surface area contributed by atoms with Gasteiger partial charge < -0.3 is 5.32 Å². The van der Waals surface area contributed by atoms with Crippen LogP contribution in [-0.4, -0.2) is 11.9 Å². The van der Waals surface area contributed by atoms with Gasteiger partial charge in [0.05, 0.1) is 0 Å². The van der Waals surface area contributed by atoms with Gasteiger partial charge in [-0.15, -0.1) is 11.6 Å². The number of hydrogen-bond acceptors (Lipinski definition) is 1. The summed E-state index contributed by atoms with van der Waals surface area (Å²) in [6.45, 7) is 2.08. The van der Waals surface area contributed by atoms with Crippen LogP contribution in [0.15, 0.2) is 42.5 Å². The maximum absolute atomic E-state index is 6.16. The highest BCUT2D eigenvalue weighted by atomic mass is 35.5. The normalized spacial score (nSPS) is 23.1. The fraction of sp³-hybridized carbons (Fsp3) is 0.444. The molecule has 2 heteroatoms. The van der Waals surface area contributed by atoms with Crippen LogP contribution in [0.5, 0.6) is 0 Å². The third-order valence-corrected chi connectivity index (χ3v) is 4.84. The van der Waals surface area contributed by atoms with E-state index in [9.17, 15) is 0 Å². The van der Waals surface area contributed by atoms with E-state index in [2.05, 4.69) is 47.8 Å². The molecule has 20 heavy (non-hydrogen) atoms. The van der Waals surface area contributed by atoms with Crippen molar-refractivity contribution in [2.24, 2.45) is 5.92 Å². The topological polar surface area (TPSA) is 12.0 Å². The monoisotopic (exact) mass is 287 g/mol. The molecule has 0 radical (unpaired) electrons. The zero-order chi connectivity index (χ0) is 13.8. The summed E-state index contributed by atoms with van der Waals surface area (Å²) in [4.78, 5) is 0. The summed E-state index contributed by atoms with van der Waals surface area (Å²) in [5, 5.41) is 6.75. The predicted octanol–water partition coefficient (Wildman–Crippen LogP) is 4.73. The molecule has 0 bridgehead atoms. The highest BCUT2D eigenvalue weighted by molar-refractivity contribution is 6.20. The number of halogens is 1. The first-order valence-electron chi connectivity index (χ1n) is 7.64. The molecule has 0 aromatic heterocycles. The molecule has 1 aliphatic carbocycles. The van der Waals surface area contributed by atoms with Crippen LogP contribution in [0.3, 0.4) is 0 Å². The van der Waals surface area contributed by atoms with Gasteiger partial charge in [-0.25, -0.2) is 0 Å². The molecule has 0 saturated heterocycles. The second kappa shape index (κ2) is 6.60. The lowest BCUT2D eigenvalue weighted by atomic mass is 9.89. The Balaban J connectivity index is 1.57. The number of benzene rings is 2. The summed E-state index contributed by atoms with van der Waals surface area (Å²) < 4.78 is 0. The second-order valence-electron chi connectivity index (χ2n) is 5.89. The molecular weight excluding hydrogens is 266 g/mol. The Morgan fingerprint density at radius 2 is 1.70 bits per heavy atom. The van der Waals surface area contributed by atoms with Crippen molar-refractivity contribution in [1.82, 2.24) is 5.32 Å². The van der Waals surface area contributed by atoms with Crippen molar-refractivity contribution < 1.29 is 0 Å². The standard InChI is InChI=1S/C18H22ClN/c19-17-10-8-14(9-11-17)12-20-13-16-6-3-5-15-4-1-2-7-18(15)16/h1-7,14,17,20H,8-13H2. The molecule has 0 atom stereocenters. The van der Waals surface area contributed by atoms with Crippen LogP contribution in [0.2, 0.25) is 0 Å². The smallest absolute Gasteiger partial charge is 0.0336 e. The molecule has 0 amide bonds. The van der Waals surface area contributed by atoms with Crippen LogP contribution in [0, 0.1) is 5.92 Å². The van der Waals surface area contributed by atoms with E-state index < -0.39 is 0 Å². The van der Waals surface area contributed by atoms with E-state index in [4.69, 9.17) is 11.6 Å². The van der Waals surface area contributed by atoms with E-state index in [0.29, 0.717) is 5.38 Å². The molecule has 1 N–H and O–H groups in total. The van der Waals surface area contributed by atoms with Crippen LogP contribution in [0.4, 0.5) is 0 Å². The van der Waals surface area contributed by atoms with Crippen molar-refractivity contribution in [3.05, 3.63) is 48.0 Å². The van der Waals surface area contributed by atoms with Crippen molar-refractivity contribution in [3.8, 4) is 0 Å². The molecule has 0 heterocycles. The summed E-state index contributed by atoms with van der Waals surface area (Å²) in [6, 6.07) is 15.2. The van der Waals surface area contributed by atoms with Crippen LogP contribution in [0.1, 0.15) is 31.2 Å². The van der Waals surface area contributed by atoms with Crippen LogP contribution in [0.25, 0.3) is 10.8 Å². The van der Waals surface area contributed by atoms with E-state index in [1.807, 2.05) is 0 Å². The van der Waals surface area contributed by atoms with Crippen molar-refractivity contribution in [2.45, 2.75) is 37.6 Å². The first kappa shape index (κ1) is 13.9. The molecule has 0 aliphatic heterocycles. The summed E-state index contributed by atoms with van der Waals surface area (Å²) in [5.74, 6) is 0.806. The summed E-state index contributed by atoms with van der Waals surface area (Å²) in [5.41, 5.74) is 1.40. The van der Waals surface area contributed by atoms with Gasteiger partial charge in [-0.05, 0) is 54.5 Å². The maximum Gasteiger partial charge on any atom is 0.0336 e. The van der Waals surface area contributed by atoms with E-state index >= 15 is 0 Å². The number of alkyl halides is 1. The van der Waals surface area contributed by atoms with Gasteiger partial charge in [0.2, 0.25) is 0 Å². The largest absolute Gasteiger partial charge is 0.312 e. The molecule has 2 aromatic rings. The highest BCUT2D eigenvalue weighted by Gasteiger charge is 2.18. The van der Waals surface area contributed by atoms with Crippen molar-refractivity contribution in [3.63, 3.8) is 0 Å². The Hall–Kier alpha value is -1.05. The lowest BCUT2D eigenvalue weighted by Gasteiger charge is -2.25. The molecule has 106 valence electrons. The van der Waals surface area contributed by atoms with Crippen molar-refractivity contribution in [2.75, 3.05) is 6.54 Å². The minimum absolute atomic E-state index is 0.421. The predicted molar refractivity (Wildman–Crippen MR) is 87.3 cm³/mol. The zero-order valence-corrected chi connectivity index (χ0v) is 12.6. The molecule has 0 spiro atoms. The van der Waals surface area contributed by atoms with Gasteiger partial charge in [-0.3, -0.25) is 0 Å². The van der Waals surface area contributed by atoms with Gasteiger partial charge in [0.25, 0.3) is 0 Å². The third kappa shape index (κ3) is 3.34. The highest BCUT2D eigenvalue weighted by Crippen LogP contribution is 2.27. The second-order valence-corrected chi connectivity index (χ2v) is 6.50. The van der Waals surface area contributed by atoms with Crippen molar-refractivity contribution >= 4 is 22.4 Å². The van der Waals surface area contributed by atoms with Crippen molar-refractivity contribution in [1.29, 1.82) is 0 Å². The first-order chi connectivity index (χ1) is 9.83. The average Bonchev–Trinajstić information content (AvgIpc) is 2.49. The minimum atomic E-state index is 0.421. The first-order valence-corrected chi connectivity index (χ1v) is 8.08. The van der Waals surface area contributed by atoms with Crippen LogP contribution < -0.4 is 5.32 Å². The Morgan fingerprint density at radius 1 is 0.950 bits per heavy atom. The lowest BCUT2D eigenvalue weighted by molar-refractivity contribution is 0.346. The Kier molecular flexibility index (Phi) is 4.59. The SMILES string of the molecule is ClC1CCC(CNCc2cccc3ccccc23)CC1. The van der Waals surface area contributed by atoms with Gasteiger partial charge in [0.1, 0.15) is 0 Å². The van der Waals surface area contributed by atoms with Gasteiger partial charge in [-0.2, -0.15) is 0 Å². The van der Waals surface area contributed by atoms with Crippen LogP contribution in [-0.2, 0) is 6.54 Å². The molecule has 2 aromatic carbocycles. The van der Waals surface area contributed by atoms with E-state index in [-0.39, 0.29) is 0 Å². The van der Waals surface area contributed by atoms with Gasteiger partial charge in [0.15, 0.2) is 0 Å². The molecular formula is C18H22ClN. The minimum Gasteiger partial charge on any atom is -0.312 e. The Labute approximate surface area is 126 Å². The fourth-order valence-electron chi connectivity index (χ4n) is 3.18. The fourth-order valence-corrected chi connectivity index (χ4v) is 3.44. The van der Waals surface area contributed by atoms with E-state index in [0.717, 1.165) is 19.0 Å². The van der Waals surface area contributed by atoms with Gasteiger partial charge >= 0.3 is 0 Å². The Bertz CT molecular complexity index is 553. The molecule has 1 nitrogen and oxygen atoms in total. The number of hydrogen-bond donors (Lipinski definition) is 1. The lowest BCUT2D eigenvalue weighted by Crippen LogP contribution is -2.26. The summed E-state index contributed by atoms with van der Waals surface area (Å²) in [7, 11) is 0. The van der Waals surface area contributed by atoms with Gasteiger partial charge in [-0.1, -0.05) is 42.5 Å². The molecule has 1 aliphatic rings. The zero-order valence-electron chi connectivity index (χ0n) is 11.8. The molecule has 3 rings (SSSR count). The summed E-state index contributed by atoms with van der Waals surface area (Å²) >= 11 is 6.16. The number of rotatable bonds is 4. The van der Waals surface area contributed by atoms with Gasteiger partial charge in [0, 0.05) is 11.9 Å². The third-order valence-electron chi connectivity index (χ3n) is 4.40. The van der Waals surface area contributed by atoms with Crippen LogP contribution >= 0.6 is 11.6 Å². The molecule has 1 saturated carbocycles. The number of nitrogens with one attached hydrogen (secondary N) is 1. The van der Waals surface area contributed by atoms with E-state index in [1.54, 1.807) is 0 Å². The maximum atomic E-state index is 6.16. The molecule has 1 fully saturated rings. The van der Waals surface area contributed by atoms with E-state index in [1.165, 1.54) is 42.0 Å². The average molecular weight is 288 g/mol. The Morgan fingerprint density at radius 3 is 2.55 bits per heavy atom. The summed E-state index contributed by atoms with van der Waals surface area (Å²) in [6.07, 6.45) is 4.91. The number of fused-ring (bicyclic) bond motifs is 1.